The second-order valence-electron chi connectivity index (χ2n) is 9.26. The zero-order valence-electron chi connectivity index (χ0n) is 22.9. The highest BCUT2D eigenvalue weighted by Crippen LogP contribution is 2.37. The fraction of sp³-hybridized carbons (Fsp3) is 0.161. The number of ether oxygens (including phenoxy) is 3. The van der Waals surface area contributed by atoms with Crippen molar-refractivity contribution < 1.29 is 32.9 Å². The number of anilines is 1. The van der Waals surface area contributed by atoms with Crippen LogP contribution < -0.4 is 14.8 Å². The molecule has 0 aliphatic heterocycles. The van der Waals surface area contributed by atoms with Gasteiger partial charge < -0.3 is 24.6 Å². The van der Waals surface area contributed by atoms with Crippen molar-refractivity contribution in [2.24, 2.45) is 0 Å². The second-order valence-corrected chi connectivity index (χ2v) is 9.26. The summed E-state index contributed by atoms with van der Waals surface area (Å²) in [6, 6.07) is 14.3. The molecule has 3 aromatic heterocycles. The summed E-state index contributed by atoms with van der Waals surface area (Å²) in [7, 11) is 1.56. The van der Waals surface area contributed by atoms with Gasteiger partial charge in [-0.15, -0.1) is 0 Å². The second kappa shape index (κ2) is 12.1. The number of halogens is 2. The molecular weight excluding hydrogens is 546 g/mol. The van der Waals surface area contributed by atoms with Crippen molar-refractivity contribution in [3.05, 3.63) is 95.4 Å². The maximum Gasteiger partial charge on any atom is 0.261 e. The molecule has 5 rings (SSSR count). The van der Waals surface area contributed by atoms with E-state index in [-0.39, 0.29) is 34.2 Å². The van der Waals surface area contributed by atoms with Gasteiger partial charge in [-0.05, 0) is 49.7 Å². The zero-order chi connectivity index (χ0) is 29.8. The van der Waals surface area contributed by atoms with Gasteiger partial charge in [-0.1, -0.05) is 12.1 Å². The molecule has 2 N–H and O–H groups in total. The van der Waals surface area contributed by atoms with Crippen molar-refractivity contribution in [3.63, 3.8) is 0 Å². The third-order valence-corrected chi connectivity index (χ3v) is 6.36. The van der Waals surface area contributed by atoms with Gasteiger partial charge in [0.25, 0.3) is 5.91 Å². The number of carbonyl (C=O) groups is 1. The monoisotopic (exact) mass is 572 g/mol. The van der Waals surface area contributed by atoms with Crippen LogP contribution in [0.15, 0.2) is 66.9 Å². The molecule has 3 heterocycles. The van der Waals surface area contributed by atoms with E-state index in [1.54, 1.807) is 39.2 Å². The van der Waals surface area contributed by atoms with Crippen molar-refractivity contribution in [1.29, 1.82) is 0 Å². The zero-order valence-corrected chi connectivity index (χ0v) is 22.9. The van der Waals surface area contributed by atoms with Gasteiger partial charge in [0, 0.05) is 48.5 Å². The van der Waals surface area contributed by atoms with Crippen molar-refractivity contribution in [3.8, 4) is 34.3 Å². The minimum atomic E-state index is -0.750. The van der Waals surface area contributed by atoms with Crippen LogP contribution in [0.25, 0.3) is 22.2 Å². The summed E-state index contributed by atoms with van der Waals surface area (Å²) in [5, 5.41) is 13.6. The smallest absolute Gasteiger partial charge is 0.261 e. The van der Waals surface area contributed by atoms with Gasteiger partial charge in [0.15, 0.2) is 17.3 Å². The van der Waals surface area contributed by atoms with E-state index < -0.39 is 17.5 Å². The molecule has 0 aliphatic rings. The SMILES string of the molecule is COCCOc1ccc2nccc(Oc3ccc(NC(=O)c4c(C)nc(C)c(-c5ccc(F)cc5)c4O)cc3F)c2n1. The number of carbonyl (C=O) groups excluding carboxylic acids is 1. The highest BCUT2D eigenvalue weighted by molar-refractivity contribution is 6.08. The molecule has 1 amide bonds. The Bertz CT molecular complexity index is 1780. The number of methoxy groups -OCH3 is 1. The third-order valence-electron chi connectivity index (χ3n) is 6.36. The van der Waals surface area contributed by atoms with Crippen LogP contribution in [-0.2, 0) is 4.74 Å². The molecule has 9 nitrogen and oxygen atoms in total. The lowest BCUT2D eigenvalue weighted by molar-refractivity contribution is 0.102. The summed E-state index contributed by atoms with van der Waals surface area (Å²) in [6.07, 6.45) is 1.52. The Labute approximate surface area is 239 Å². The van der Waals surface area contributed by atoms with E-state index in [0.717, 1.165) is 6.07 Å². The van der Waals surface area contributed by atoms with Gasteiger partial charge in [-0.3, -0.25) is 14.8 Å². The van der Waals surface area contributed by atoms with Gasteiger partial charge in [0.05, 0.1) is 17.8 Å². The first-order chi connectivity index (χ1) is 20.2. The number of hydrogen-bond acceptors (Lipinski definition) is 8. The molecule has 0 bridgehead atoms. The van der Waals surface area contributed by atoms with Crippen molar-refractivity contribution in [1.82, 2.24) is 15.0 Å². The lowest BCUT2D eigenvalue weighted by Gasteiger charge is -2.15. The van der Waals surface area contributed by atoms with Crippen molar-refractivity contribution in [2.75, 3.05) is 25.6 Å². The molecule has 2 aromatic carbocycles. The minimum absolute atomic E-state index is 0.0847. The molecule has 0 saturated carbocycles. The number of nitrogens with one attached hydrogen (secondary N) is 1. The van der Waals surface area contributed by atoms with Crippen LogP contribution in [0.1, 0.15) is 21.7 Å². The molecule has 0 atom stereocenters. The van der Waals surface area contributed by atoms with Crippen LogP contribution in [-0.4, -0.2) is 46.3 Å². The molecule has 214 valence electrons. The summed E-state index contributed by atoms with van der Waals surface area (Å²) in [5.41, 5.74) is 2.47. The number of aromatic nitrogens is 3. The topological polar surface area (TPSA) is 116 Å². The molecule has 0 unspecified atom stereocenters. The van der Waals surface area contributed by atoms with Crippen LogP contribution in [0.2, 0.25) is 0 Å². The highest BCUT2D eigenvalue weighted by Gasteiger charge is 2.23. The van der Waals surface area contributed by atoms with Crippen LogP contribution in [0.3, 0.4) is 0 Å². The summed E-state index contributed by atoms with van der Waals surface area (Å²) >= 11 is 0. The fourth-order valence-corrected chi connectivity index (χ4v) is 4.41. The van der Waals surface area contributed by atoms with Gasteiger partial charge in [0.1, 0.15) is 29.3 Å². The first kappa shape index (κ1) is 28.4. The average molecular weight is 573 g/mol. The quantitative estimate of drug-likeness (QED) is 0.196. The van der Waals surface area contributed by atoms with E-state index in [2.05, 4.69) is 20.3 Å². The lowest BCUT2D eigenvalue weighted by Crippen LogP contribution is -2.15. The molecule has 0 fully saturated rings. The summed E-state index contributed by atoms with van der Waals surface area (Å²) < 4.78 is 45.0. The summed E-state index contributed by atoms with van der Waals surface area (Å²) in [5.74, 6) is -1.71. The van der Waals surface area contributed by atoms with E-state index in [1.807, 2.05) is 0 Å². The number of aryl methyl sites for hydroxylation is 2. The highest BCUT2D eigenvalue weighted by atomic mass is 19.1. The Kier molecular flexibility index (Phi) is 8.21. The van der Waals surface area contributed by atoms with E-state index in [4.69, 9.17) is 14.2 Å². The van der Waals surface area contributed by atoms with Gasteiger partial charge in [-0.2, -0.15) is 0 Å². The first-order valence-electron chi connectivity index (χ1n) is 12.9. The number of hydrogen-bond donors (Lipinski definition) is 2. The molecule has 0 radical (unpaired) electrons. The molecule has 0 aliphatic carbocycles. The maximum absolute atomic E-state index is 15.2. The minimum Gasteiger partial charge on any atom is -0.506 e. The maximum atomic E-state index is 15.2. The first-order valence-corrected chi connectivity index (χ1v) is 12.9. The summed E-state index contributed by atoms with van der Waals surface area (Å²) in [4.78, 5) is 26.3. The molecular formula is C31H26F2N4O5. The number of aromatic hydroxyl groups is 1. The van der Waals surface area contributed by atoms with Crippen LogP contribution >= 0.6 is 0 Å². The Morgan fingerprint density at radius 2 is 1.71 bits per heavy atom. The molecule has 0 spiro atoms. The molecule has 11 heteroatoms. The number of amides is 1. The molecule has 42 heavy (non-hydrogen) atoms. The third kappa shape index (κ3) is 5.96. The predicted octanol–water partition coefficient (Wildman–Crippen LogP) is 6.36. The van der Waals surface area contributed by atoms with Crippen LogP contribution in [0.5, 0.6) is 23.1 Å². The van der Waals surface area contributed by atoms with Gasteiger partial charge in [-0.25, -0.2) is 13.8 Å². The number of pyridine rings is 3. The number of benzene rings is 2. The van der Waals surface area contributed by atoms with Crippen molar-refractivity contribution >= 4 is 22.6 Å². The summed E-state index contributed by atoms with van der Waals surface area (Å²) in [6.45, 7) is 3.95. The van der Waals surface area contributed by atoms with Gasteiger partial charge >= 0.3 is 0 Å². The Morgan fingerprint density at radius 3 is 2.45 bits per heavy atom. The van der Waals surface area contributed by atoms with E-state index in [1.165, 1.54) is 42.6 Å². The van der Waals surface area contributed by atoms with E-state index in [9.17, 15) is 14.3 Å². The number of nitrogens with zero attached hydrogens (tertiary/aromatic N) is 3. The largest absolute Gasteiger partial charge is 0.506 e. The number of rotatable bonds is 9. The van der Waals surface area contributed by atoms with Crippen LogP contribution in [0, 0.1) is 25.5 Å². The average Bonchev–Trinajstić information content (AvgIpc) is 2.95. The Hall–Kier alpha value is -5.16. The number of fused-ring (bicyclic) bond motifs is 1. The fourth-order valence-electron chi connectivity index (χ4n) is 4.41. The lowest BCUT2D eigenvalue weighted by atomic mass is 9.98. The van der Waals surface area contributed by atoms with Crippen molar-refractivity contribution in [2.45, 2.75) is 13.8 Å². The van der Waals surface area contributed by atoms with E-state index >= 15 is 4.39 Å². The Morgan fingerprint density at radius 1 is 0.929 bits per heavy atom. The molecule has 0 saturated heterocycles. The van der Waals surface area contributed by atoms with E-state index in [0.29, 0.717) is 46.9 Å². The van der Waals surface area contributed by atoms with Gasteiger partial charge in [0.2, 0.25) is 5.88 Å². The molecule has 5 aromatic rings. The Balaban J connectivity index is 1.38. The predicted molar refractivity (Wildman–Crippen MR) is 152 cm³/mol. The van der Waals surface area contributed by atoms with Crippen LogP contribution in [0.4, 0.5) is 14.5 Å². The normalized spacial score (nSPS) is 11.0. The standard InChI is InChI=1S/C31H26F2N4O5/c1-17-27(19-4-6-20(32)7-5-19)30(38)28(18(2)35-17)31(39)36-21-8-10-24(22(33)16-21)42-25-12-13-34-23-9-11-26(37-29(23)25)41-15-14-40-3/h4-13,16H,14-15H2,1-3H3,(H,35,38)(H,36,39).